The number of amides is 1. The van der Waals surface area contributed by atoms with Gasteiger partial charge in [-0.3, -0.25) is 4.79 Å². The summed E-state index contributed by atoms with van der Waals surface area (Å²) in [6, 6.07) is 19.8. The predicted octanol–water partition coefficient (Wildman–Crippen LogP) is 4.91. The van der Waals surface area contributed by atoms with Gasteiger partial charge in [-0.15, -0.1) is 0 Å². The summed E-state index contributed by atoms with van der Waals surface area (Å²) in [7, 11) is 0. The summed E-state index contributed by atoms with van der Waals surface area (Å²) in [5.74, 6) is -0.711. The molecule has 0 saturated heterocycles. The van der Waals surface area contributed by atoms with Crippen LogP contribution in [0.1, 0.15) is 21.5 Å². The van der Waals surface area contributed by atoms with E-state index in [-0.39, 0.29) is 5.56 Å². The second-order valence-corrected chi connectivity index (χ2v) is 6.96. The second-order valence-electron chi connectivity index (χ2n) is 6.96. The van der Waals surface area contributed by atoms with Gasteiger partial charge in [-0.05, 0) is 61.4 Å². The number of oxazole rings is 1. The number of nitrogens with one attached hydrogen (secondary N) is 1. The predicted molar refractivity (Wildman–Crippen MR) is 114 cm³/mol. The van der Waals surface area contributed by atoms with Crippen LogP contribution in [-0.2, 0) is 9.53 Å². The number of rotatable bonds is 5. The summed E-state index contributed by atoms with van der Waals surface area (Å²) in [6.07, 6.45) is 0. The van der Waals surface area contributed by atoms with Crippen molar-refractivity contribution in [1.82, 2.24) is 4.98 Å². The van der Waals surface area contributed by atoms with Gasteiger partial charge in [0.05, 0.1) is 11.1 Å². The Morgan fingerprint density at radius 1 is 0.967 bits per heavy atom. The molecule has 4 rings (SSSR count). The van der Waals surface area contributed by atoms with Gasteiger partial charge in [-0.25, -0.2) is 9.78 Å². The molecule has 0 atom stereocenters. The number of hydrogen-bond acceptors (Lipinski definition) is 5. The number of aromatic nitrogens is 1. The van der Waals surface area contributed by atoms with E-state index in [1.54, 1.807) is 24.3 Å². The Kier molecular flexibility index (Phi) is 5.30. The van der Waals surface area contributed by atoms with Crippen molar-refractivity contribution >= 4 is 28.7 Å². The lowest BCUT2D eigenvalue weighted by Crippen LogP contribution is -2.21. The fourth-order valence-corrected chi connectivity index (χ4v) is 3.06. The molecule has 4 aromatic rings. The lowest BCUT2D eigenvalue weighted by Gasteiger charge is -2.09. The Bertz CT molecular complexity index is 1210. The number of carbonyl (C=O) groups excluding carboxylic acids is 2. The van der Waals surface area contributed by atoms with Crippen LogP contribution in [0.4, 0.5) is 5.69 Å². The maximum Gasteiger partial charge on any atom is 0.339 e. The topological polar surface area (TPSA) is 81.4 Å². The van der Waals surface area contributed by atoms with Crippen molar-refractivity contribution < 1.29 is 18.7 Å². The number of anilines is 1. The molecule has 1 heterocycles. The van der Waals surface area contributed by atoms with Crippen LogP contribution in [0.3, 0.4) is 0 Å². The first-order chi connectivity index (χ1) is 14.5. The average Bonchev–Trinajstić information content (AvgIpc) is 3.19. The van der Waals surface area contributed by atoms with Crippen molar-refractivity contribution in [1.29, 1.82) is 0 Å². The molecule has 3 aromatic carbocycles. The quantitative estimate of drug-likeness (QED) is 0.482. The molecule has 0 fully saturated rings. The number of benzene rings is 3. The van der Waals surface area contributed by atoms with E-state index in [1.165, 1.54) is 0 Å². The maximum atomic E-state index is 12.6. The fraction of sp³-hybridized carbons (Fsp3) is 0.125. The van der Waals surface area contributed by atoms with E-state index in [1.807, 2.05) is 56.3 Å². The molecule has 0 saturated carbocycles. The van der Waals surface area contributed by atoms with Crippen LogP contribution in [0.25, 0.3) is 22.6 Å². The number of fused-ring (bicyclic) bond motifs is 1. The molecule has 1 aromatic heterocycles. The molecule has 0 spiro atoms. The number of aryl methyl sites for hydroxylation is 2. The Morgan fingerprint density at radius 2 is 1.73 bits per heavy atom. The smallest absolute Gasteiger partial charge is 0.339 e. The van der Waals surface area contributed by atoms with Gasteiger partial charge < -0.3 is 14.5 Å². The third-order valence-corrected chi connectivity index (χ3v) is 4.80. The number of hydrogen-bond donors (Lipinski definition) is 1. The second kappa shape index (κ2) is 8.21. The van der Waals surface area contributed by atoms with E-state index in [9.17, 15) is 9.59 Å². The van der Waals surface area contributed by atoms with Crippen LogP contribution in [0, 0.1) is 13.8 Å². The highest BCUT2D eigenvalue weighted by molar-refractivity contribution is 5.99. The summed E-state index contributed by atoms with van der Waals surface area (Å²) < 4.78 is 11.0. The van der Waals surface area contributed by atoms with Gasteiger partial charge in [-0.2, -0.15) is 0 Å². The van der Waals surface area contributed by atoms with E-state index in [2.05, 4.69) is 10.3 Å². The van der Waals surface area contributed by atoms with E-state index in [0.717, 1.165) is 11.1 Å². The Morgan fingerprint density at radius 3 is 2.53 bits per heavy atom. The van der Waals surface area contributed by atoms with Crippen molar-refractivity contribution in [2.75, 3.05) is 11.9 Å². The van der Waals surface area contributed by atoms with Crippen molar-refractivity contribution in [3.63, 3.8) is 0 Å². The van der Waals surface area contributed by atoms with Crippen LogP contribution in [0.15, 0.2) is 71.1 Å². The molecule has 30 heavy (non-hydrogen) atoms. The zero-order valence-corrected chi connectivity index (χ0v) is 16.6. The van der Waals surface area contributed by atoms with Crippen LogP contribution in [0.2, 0.25) is 0 Å². The minimum Gasteiger partial charge on any atom is -0.452 e. The summed E-state index contributed by atoms with van der Waals surface area (Å²) in [5.41, 5.74) is 4.97. The van der Waals surface area contributed by atoms with Crippen molar-refractivity contribution in [2.45, 2.75) is 13.8 Å². The third-order valence-electron chi connectivity index (χ3n) is 4.80. The molecule has 0 unspecified atom stereocenters. The molecule has 6 nitrogen and oxygen atoms in total. The Hall–Kier alpha value is -3.93. The van der Waals surface area contributed by atoms with E-state index in [4.69, 9.17) is 9.15 Å². The first kappa shape index (κ1) is 19.4. The fourth-order valence-electron chi connectivity index (χ4n) is 3.06. The van der Waals surface area contributed by atoms with Crippen molar-refractivity contribution in [3.05, 3.63) is 83.4 Å². The highest BCUT2D eigenvalue weighted by Crippen LogP contribution is 2.27. The molecule has 0 aliphatic rings. The molecule has 0 aliphatic heterocycles. The summed E-state index contributed by atoms with van der Waals surface area (Å²) in [4.78, 5) is 29.3. The molecule has 0 radical (unpaired) electrons. The maximum absolute atomic E-state index is 12.6. The summed E-state index contributed by atoms with van der Waals surface area (Å²) >= 11 is 0. The van der Waals surface area contributed by atoms with E-state index in [0.29, 0.717) is 28.2 Å². The third kappa shape index (κ3) is 4.07. The minimum absolute atomic E-state index is 0.281. The molecule has 1 N–H and O–H groups in total. The van der Waals surface area contributed by atoms with Crippen LogP contribution >= 0.6 is 0 Å². The standard InChI is InChI=1S/C24H20N2O4/c1-15-11-12-17(13-16(15)2)25-22(27)14-29-24(28)19-8-4-3-7-18(19)23-26-20-9-5-6-10-21(20)30-23/h3-13H,14H2,1-2H3,(H,25,27). The van der Waals surface area contributed by atoms with Gasteiger partial charge in [-0.1, -0.05) is 30.3 Å². The molecular formula is C24H20N2O4. The zero-order chi connectivity index (χ0) is 21.1. The first-order valence-corrected chi connectivity index (χ1v) is 9.50. The van der Waals surface area contributed by atoms with Gasteiger partial charge in [0.25, 0.3) is 5.91 Å². The van der Waals surface area contributed by atoms with Gasteiger partial charge in [0, 0.05) is 5.69 Å². The molecule has 0 aliphatic carbocycles. The van der Waals surface area contributed by atoms with Crippen molar-refractivity contribution in [2.24, 2.45) is 0 Å². The highest BCUT2D eigenvalue weighted by atomic mass is 16.5. The lowest BCUT2D eigenvalue weighted by atomic mass is 10.1. The molecule has 1 amide bonds. The van der Waals surface area contributed by atoms with Gasteiger partial charge in [0.15, 0.2) is 12.2 Å². The van der Waals surface area contributed by atoms with Gasteiger partial charge in [0.2, 0.25) is 5.89 Å². The molecular weight excluding hydrogens is 380 g/mol. The zero-order valence-electron chi connectivity index (χ0n) is 16.6. The average molecular weight is 400 g/mol. The normalized spacial score (nSPS) is 10.7. The van der Waals surface area contributed by atoms with Gasteiger partial charge >= 0.3 is 5.97 Å². The summed E-state index contributed by atoms with van der Waals surface area (Å²) in [5, 5.41) is 2.73. The van der Waals surface area contributed by atoms with Crippen LogP contribution < -0.4 is 5.32 Å². The largest absolute Gasteiger partial charge is 0.452 e. The molecule has 0 bridgehead atoms. The lowest BCUT2D eigenvalue weighted by molar-refractivity contribution is -0.119. The van der Waals surface area contributed by atoms with Gasteiger partial charge in [0.1, 0.15) is 5.52 Å². The Balaban J connectivity index is 1.47. The number of nitrogens with zero attached hydrogens (tertiary/aromatic N) is 1. The number of para-hydroxylation sites is 2. The molecule has 150 valence electrons. The first-order valence-electron chi connectivity index (χ1n) is 9.50. The van der Waals surface area contributed by atoms with Crippen molar-refractivity contribution in [3.8, 4) is 11.5 Å². The Labute approximate surface area is 173 Å². The van der Waals surface area contributed by atoms with Crippen LogP contribution in [-0.4, -0.2) is 23.5 Å². The monoisotopic (exact) mass is 400 g/mol. The van der Waals surface area contributed by atoms with E-state index >= 15 is 0 Å². The van der Waals surface area contributed by atoms with Crippen LogP contribution in [0.5, 0.6) is 0 Å². The van der Waals surface area contributed by atoms with E-state index < -0.39 is 18.5 Å². The number of esters is 1. The summed E-state index contributed by atoms with van der Waals surface area (Å²) in [6.45, 7) is 3.57. The number of ether oxygens (including phenoxy) is 1. The molecule has 6 heteroatoms. The SMILES string of the molecule is Cc1ccc(NC(=O)COC(=O)c2ccccc2-c2nc3ccccc3o2)cc1C. The minimum atomic E-state index is -0.622. The highest BCUT2D eigenvalue weighted by Gasteiger charge is 2.19. The number of carbonyl (C=O) groups is 2.